The highest BCUT2D eigenvalue weighted by Crippen LogP contribution is 2.32. The van der Waals surface area contributed by atoms with E-state index in [-0.39, 0.29) is 36.4 Å². The first-order chi connectivity index (χ1) is 16.9. The lowest BCUT2D eigenvalue weighted by Gasteiger charge is -2.35. The van der Waals surface area contributed by atoms with Crippen molar-refractivity contribution in [3.63, 3.8) is 0 Å². The number of nitrogens with one attached hydrogen (secondary N) is 4. The maximum atomic E-state index is 12.8. The molecule has 1 amide bonds. The molecule has 2 heterocycles. The van der Waals surface area contributed by atoms with Crippen molar-refractivity contribution in [1.82, 2.24) is 10.9 Å². The van der Waals surface area contributed by atoms with Crippen LogP contribution in [0.3, 0.4) is 0 Å². The van der Waals surface area contributed by atoms with Gasteiger partial charge in [-0.3, -0.25) is 20.5 Å². The van der Waals surface area contributed by atoms with Gasteiger partial charge in [0.25, 0.3) is 0 Å². The van der Waals surface area contributed by atoms with Gasteiger partial charge in [0.15, 0.2) is 5.17 Å². The zero-order valence-electron chi connectivity index (χ0n) is 19.7. The molecule has 1 saturated heterocycles. The van der Waals surface area contributed by atoms with E-state index < -0.39 is 5.97 Å². The SMILES string of the molecule is CCOC(=O)c1ccccc1NC(=O)CSC1=NC2NNC(C)C2C(=N)N1c1ccc(OC)cc1. The maximum Gasteiger partial charge on any atom is 0.340 e. The topological polar surface area (TPSA) is 128 Å². The minimum Gasteiger partial charge on any atom is -0.497 e. The number of thioether (sulfide) groups is 1. The number of fused-ring (bicyclic) bond motifs is 1. The van der Waals surface area contributed by atoms with Crippen molar-refractivity contribution in [3.8, 4) is 5.75 Å². The molecule has 4 N–H and O–H groups in total. The van der Waals surface area contributed by atoms with Crippen LogP contribution >= 0.6 is 11.8 Å². The van der Waals surface area contributed by atoms with E-state index in [1.165, 1.54) is 11.8 Å². The van der Waals surface area contributed by atoms with E-state index in [1.807, 2.05) is 31.2 Å². The standard InChI is InChI=1S/C24H28N6O4S/c1-4-34-23(32)17-7-5-6-8-18(17)26-19(31)13-35-24-27-22-20(14(2)28-29-22)21(25)30(24)15-9-11-16(33-3)12-10-15/h5-12,14,20,22,25,28-29H,4,13H2,1-3H3,(H,26,31). The Hall–Kier alpha value is -3.41. The van der Waals surface area contributed by atoms with E-state index in [0.717, 1.165) is 5.69 Å². The molecule has 0 bridgehead atoms. The fraction of sp³-hybridized carbons (Fsp3) is 0.333. The second-order valence-corrected chi connectivity index (χ2v) is 8.92. The molecule has 184 valence electrons. The summed E-state index contributed by atoms with van der Waals surface area (Å²) in [6, 6.07) is 14.1. The van der Waals surface area contributed by atoms with Crippen molar-refractivity contribution in [2.75, 3.05) is 29.7 Å². The molecule has 2 aromatic rings. The monoisotopic (exact) mass is 496 g/mol. The van der Waals surface area contributed by atoms with E-state index in [1.54, 1.807) is 43.2 Å². The Morgan fingerprint density at radius 3 is 2.63 bits per heavy atom. The van der Waals surface area contributed by atoms with Gasteiger partial charge >= 0.3 is 5.97 Å². The van der Waals surface area contributed by atoms with E-state index in [9.17, 15) is 9.59 Å². The van der Waals surface area contributed by atoms with E-state index in [4.69, 9.17) is 19.9 Å². The Balaban J connectivity index is 1.52. The lowest BCUT2D eigenvalue weighted by Crippen LogP contribution is -2.50. The van der Waals surface area contributed by atoms with Crippen LogP contribution in [0.4, 0.5) is 11.4 Å². The van der Waals surface area contributed by atoms with Gasteiger partial charge in [-0.1, -0.05) is 23.9 Å². The fourth-order valence-corrected chi connectivity index (χ4v) is 4.83. The van der Waals surface area contributed by atoms with E-state index in [2.05, 4.69) is 16.2 Å². The van der Waals surface area contributed by atoms with Crippen LogP contribution in [0.15, 0.2) is 53.5 Å². The Morgan fingerprint density at radius 2 is 1.91 bits per heavy atom. The number of para-hydroxylation sites is 1. The normalized spacial score (nSPS) is 21.2. The summed E-state index contributed by atoms with van der Waals surface area (Å²) in [6.45, 7) is 3.97. The Morgan fingerprint density at radius 1 is 1.17 bits per heavy atom. The molecule has 0 aliphatic carbocycles. The summed E-state index contributed by atoms with van der Waals surface area (Å²) in [7, 11) is 1.60. The van der Waals surface area contributed by atoms with Gasteiger partial charge in [0, 0.05) is 11.7 Å². The van der Waals surface area contributed by atoms with Gasteiger partial charge in [-0.25, -0.2) is 15.2 Å². The molecular weight excluding hydrogens is 468 g/mol. The van der Waals surface area contributed by atoms with Crippen LogP contribution in [-0.4, -0.2) is 54.6 Å². The molecule has 10 nitrogen and oxygen atoms in total. The Kier molecular flexibility index (Phi) is 7.69. The molecule has 4 rings (SSSR count). The van der Waals surface area contributed by atoms with Crippen LogP contribution in [0.25, 0.3) is 0 Å². The van der Waals surface area contributed by atoms with Crippen LogP contribution < -0.4 is 25.8 Å². The molecule has 1 fully saturated rings. The fourth-order valence-electron chi connectivity index (χ4n) is 3.98. The number of hydrazine groups is 1. The second-order valence-electron chi connectivity index (χ2n) is 7.98. The van der Waals surface area contributed by atoms with Crippen LogP contribution in [0.5, 0.6) is 5.75 Å². The zero-order chi connectivity index (χ0) is 24.9. The van der Waals surface area contributed by atoms with Gasteiger partial charge in [-0.05, 0) is 50.2 Å². The van der Waals surface area contributed by atoms with Gasteiger partial charge in [0.05, 0.1) is 36.6 Å². The summed E-state index contributed by atoms with van der Waals surface area (Å²) < 4.78 is 10.3. The molecule has 2 aliphatic rings. The lowest BCUT2D eigenvalue weighted by molar-refractivity contribution is -0.113. The molecule has 11 heteroatoms. The third-order valence-electron chi connectivity index (χ3n) is 5.69. The van der Waals surface area contributed by atoms with Gasteiger partial charge in [0.1, 0.15) is 17.8 Å². The highest BCUT2D eigenvalue weighted by molar-refractivity contribution is 8.14. The number of rotatable bonds is 7. The first-order valence-electron chi connectivity index (χ1n) is 11.2. The van der Waals surface area contributed by atoms with Gasteiger partial charge in [-0.2, -0.15) is 0 Å². The lowest BCUT2D eigenvalue weighted by atomic mass is 9.97. The minimum absolute atomic E-state index is 0.0197. The molecule has 0 saturated carbocycles. The van der Waals surface area contributed by atoms with Crippen LogP contribution in [0, 0.1) is 11.3 Å². The number of esters is 1. The number of methoxy groups -OCH3 is 1. The number of ether oxygens (including phenoxy) is 2. The number of nitrogens with zero attached hydrogens (tertiary/aromatic N) is 2. The van der Waals surface area contributed by atoms with E-state index >= 15 is 0 Å². The van der Waals surface area contributed by atoms with Crippen molar-refractivity contribution >= 4 is 46.0 Å². The molecule has 3 unspecified atom stereocenters. The number of amides is 1. The largest absolute Gasteiger partial charge is 0.497 e. The third-order valence-corrected chi connectivity index (χ3v) is 6.65. The first-order valence-corrected chi connectivity index (χ1v) is 12.2. The summed E-state index contributed by atoms with van der Waals surface area (Å²) in [4.78, 5) is 31.6. The number of hydrogen-bond acceptors (Lipinski definition) is 9. The molecular formula is C24H28N6O4S. The van der Waals surface area contributed by atoms with Gasteiger partial charge in [0.2, 0.25) is 5.91 Å². The third kappa shape index (κ3) is 5.31. The number of aliphatic imine (C=N–C) groups is 1. The highest BCUT2D eigenvalue weighted by Gasteiger charge is 2.43. The number of amidine groups is 2. The summed E-state index contributed by atoms with van der Waals surface area (Å²) in [5, 5.41) is 12.2. The smallest absolute Gasteiger partial charge is 0.340 e. The molecule has 0 aromatic heterocycles. The number of carbonyl (C=O) groups excluding carboxylic acids is 2. The van der Waals surface area contributed by atoms with Crippen molar-refractivity contribution in [3.05, 3.63) is 54.1 Å². The number of benzene rings is 2. The predicted octanol–water partition coefficient (Wildman–Crippen LogP) is 2.84. The van der Waals surface area contributed by atoms with Crippen molar-refractivity contribution < 1.29 is 19.1 Å². The number of hydrogen-bond donors (Lipinski definition) is 4. The molecule has 35 heavy (non-hydrogen) atoms. The second kappa shape index (κ2) is 10.9. The number of anilines is 2. The average molecular weight is 497 g/mol. The van der Waals surface area contributed by atoms with Crippen molar-refractivity contribution in [1.29, 1.82) is 5.41 Å². The Labute approximate surface area is 207 Å². The first kappa shape index (κ1) is 24.7. The summed E-state index contributed by atoms with van der Waals surface area (Å²) in [5.74, 6) is 0.174. The quantitative estimate of drug-likeness (QED) is 0.431. The molecule has 0 spiro atoms. The van der Waals surface area contributed by atoms with E-state index in [0.29, 0.717) is 28.0 Å². The average Bonchev–Trinajstić information content (AvgIpc) is 3.24. The highest BCUT2D eigenvalue weighted by atomic mass is 32.2. The molecule has 0 radical (unpaired) electrons. The minimum atomic E-state index is -0.494. The summed E-state index contributed by atoms with van der Waals surface area (Å²) in [5.41, 5.74) is 7.72. The molecule has 3 atom stereocenters. The van der Waals surface area contributed by atoms with Gasteiger partial charge < -0.3 is 14.8 Å². The van der Waals surface area contributed by atoms with Crippen LogP contribution in [0.1, 0.15) is 24.2 Å². The van der Waals surface area contributed by atoms with Crippen LogP contribution in [0.2, 0.25) is 0 Å². The predicted molar refractivity (Wildman–Crippen MR) is 137 cm³/mol. The number of carbonyl (C=O) groups is 2. The Bertz CT molecular complexity index is 1140. The zero-order valence-corrected chi connectivity index (χ0v) is 20.5. The maximum absolute atomic E-state index is 12.8. The molecule has 2 aliphatic heterocycles. The van der Waals surface area contributed by atoms with Crippen LogP contribution in [-0.2, 0) is 9.53 Å². The summed E-state index contributed by atoms with van der Waals surface area (Å²) in [6.07, 6.45) is -0.304. The summed E-state index contributed by atoms with van der Waals surface area (Å²) >= 11 is 1.22. The van der Waals surface area contributed by atoms with Crippen molar-refractivity contribution in [2.45, 2.75) is 26.1 Å². The molecule has 2 aromatic carbocycles. The van der Waals surface area contributed by atoms with Crippen molar-refractivity contribution in [2.24, 2.45) is 10.9 Å². The van der Waals surface area contributed by atoms with Gasteiger partial charge in [-0.15, -0.1) is 0 Å².